The molecule has 0 aromatic heterocycles. The summed E-state index contributed by atoms with van der Waals surface area (Å²) in [6.07, 6.45) is 0.542. The summed E-state index contributed by atoms with van der Waals surface area (Å²) in [5.74, 6) is 4.88. The molecule has 0 radical (unpaired) electrons. The highest BCUT2D eigenvalue weighted by Crippen LogP contribution is 2.29. The molecular weight excluding hydrogens is 350 g/mol. The van der Waals surface area contributed by atoms with Crippen LogP contribution in [-0.2, 0) is 20.9 Å². The first-order chi connectivity index (χ1) is 13.1. The Morgan fingerprint density at radius 1 is 1.37 bits per heavy atom. The van der Waals surface area contributed by atoms with Gasteiger partial charge in [-0.05, 0) is 29.6 Å². The van der Waals surface area contributed by atoms with Crippen molar-refractivity contribution in [3.63, 3.8) is 0 Å². The van der Waals surface area contributed by atoms with Crippen LogP contribution in [0.25, 0.3) is 10.4 Å². The normalized spacial score (nSPS) is 18.3. The fourth-order valence-electron chi connectivity index (χ4n) is 3.11. The summed E-state index contributed by atoms with van der Waals surface area (Å²) in [5, 5.41) is 5.64. The summed E-state index contributed by atoms with van der Waals surface area (Å²) in [6, 6.07) is 4.63. The van der Waals surface area contributed by atoms with Crippen molar-refractivity contribution in [2.75, 3.05) is 19.8 Å². The second-order valence-corrected chi connectivity index (χ2v) is 6.04. The third-order valence-corrected chi connectivity index (χ3v) is 4.38. The lowest BCUT2D eigenvalue weighted by Crippen LogP contribution is -2.52. The molecule has 0 saturated carbocycles. The number of azide groups is 1. The van der Waals surface area contributed by atoms with E-state index in [0.29, 0.717) is 17.5 Å². The van der Waals surface area contributed by atoms with Gasteiger partial charge in [-0.15, -0.1) is 0 Å². The second-order valence-electron chi connectivity index (χ2n) is 6.04. The van der Waals surface area contributed by atoms with Gasteiger partial charge in [0.15, 0.2) is 0 Å². The van der Waals surface area contributed by atoms with Crippen LogP contribution in [0.5, 0.6) is 0 Å². The van der Waals surface area contributed by atoms with E-state index in [4.69, 9.17) is 10.3 Å². The monoisotopic (exact) mass is 367 g/mol. The summed E-state index contributed by atoms with van der Waals surface area (Å²) in [4.78, 5) is 40.2. The zero-order chi connectivity index (χ0) is 19.2. The van der Waals surface area contributed by atoms with Crippen molar-refractivity contribution in [3.8, 4) is 11.8 Å². The molecule has 3 rings (SSSR count). The van der Waals surface area contributed by atoms with Gasteiger partial charge in [-0.25, -0.2) is 0 Å². The number of benzene rings is 1. The highest BCUT2D eigenvalue weighted by Gasteiger charge is 2.39. The van der Waals surface area contributed by atoms with E-state index >= 15 is 0 Å². The predicted octanol–water partition coefficient (Wildman–Crippen LogP) is 1.13. The van der Waals surface area contributed by atoms with Crippen molar-refractivity contribution in [1.82, 2.24) is 10.2 Å². The first kappa shape index (κ1) is 18.5. The van der Waals surface area contributed by atoms with Gasteiger partial charge in [-0.3, -0.25) is 19.7 Å². The van der Waals surface area contributed by atoms with Gasteiger partial charge in [0.25, 0.3) is 5.91 Å². The molecule has 1 fully saturated rings. The molecule has 3 amide bonds. The standard InChI is InChI=1S/C18H17N5O4/c19-22-20-8-10-27-9-2-4-12-3-1-5-13-14(12)11-23(18(13)26)15-6-7-16(24)21-17(15)25/h1,3,5,15H,6-11H2,(H,21,24,25). The molecule has 1 aromatic rings. The Morgan fingerprint density at radius 2 is 2.22 bits per heavy atom. The number of imide groups is 1. The van der Waals surface area contributed by atoms with Crippen LogP contribution < -0.4 is 5.32 Å². The Labute approximate surface area is 155 Å². The number of nitrogens with zero attached hydrogens (tertiary/aromatic N) is 4. The molecular formula is C18H17N5O4. The van der Waals surface area contributed by atoms with Crippen molar-refractivity contribution in [1.29, 1.82) is 0 Å². The lowest BCUT2D eigenvalue weighted by molar-refractivity contribution is -0.136. The molecule has 1 aromatic carbocycles. The molecule has 2 aliphatic heterocycles. The third-order valence-electron chi connectivity index (χ3n) is 4.38. The van der Waals surface area contributed by atoms with E-state index in [0.717, 1.165) is 5.56 Å². The lowest BCUT2D eigenvalue weighted by Gasteiger charge is -2.29. The van der Waals surface area contributed by atoms with Crippen LogP contribution in [0.2, 0.25) is 0 Å². The molecule has 1 unspecified atom stereocenters. The minimum atomic E-state index is -0.646. The van der Waals surface area contributed by atoms with Gasteiger partial charge in [0.1, 0.15) is 12.6 Å². The predicted molar refractivity (Wildman–Crippen MR) is 94.2 cm³/mol. The Balaban J connectivity index is 1.70. The van der Waals surface area contributed by atoms with Crippen LogP contribution in [0, 0.1) is 11.8 Å². The maximum absolute atomic E-state index is 12.7. The number of carbonyl (C=O) groups excluding carboxylic acids is 3. The van der Waals surface area contributed by atoms with E-state index in [-0.39, 0.29) is 44.5 Å². The summed E-state index contributed by atoms with van der Waals surface area (Å²) < 4.78 is 5.24. The lowest BCUT2D eigenvalue weighted by atomic mass is 10.0. The number of hydrogen-bond acceptors (Lipinski definition) is 5. The maximum Gasteiger partial charge on any atom is 0.255 e. The highest BCUT2D eigenvalue weighted by atomic mass is 16.5. The van der Waals surface area contributed by atoms with Crippen LogP contribution in [0.15, 0.2) is 23.3 Å². The van der Waals surface area contributed by atoms with E-state index in [1.807, 2.05) is 6.07 Å². The highest BCUT2D eigenvalue weighted by molar-refractivity contribution is 6.05. The topological polar surface area (TPSA) is 124 Å². The van der Waals surface area contributed by atoms with Crippen molar-refractivity contribution >= 4 is 17.7 Å². The maximum atomic E-state index is 12.7. The van der Waals surface area contributed by atoms with Crippen LogP contribution in [0.4, 0.5) is 0 Å². The number of nitrogens with one attached hydrogen (secondary N) is 1. The van der Waals surface area contributed by atoms with E-state index in [1.165, 1.54) is 4.90 Å². The zero-order valence-electron chi connectivity index (χ0n) is 14.5. The average Bonchev–Trinajstić information content (AvgIpc) is 2.98. The van der Waals surface area contributed by atoms with Crippen molar-refractivity contribution in [2.24, 2.45) is 5.11 Å². The van der Waals surface area contributed by atoms with Gasteiger partial charge in [-0.2, -0.15) is 0 Å². The fourth-order valence-corrected chi connectivity index (χ4v) is 3.11. The van der Waals surface area contributed by atoms with E-state index in [2.05, 4.69) is 27.2 Å². The molecule has 0 spiro atoms. The molecule has 138 valence electrons. The Morgan fingerprint density at radius 3 is 3.00 bits per heavy atom. The number of ether oxygens (including phenoxy) is 1. The van der Waals surface area contributed by atoms with Crippen LogP contribution in [0.3, 0.4) is 0 Å². The van der Waals surface area contributed by atoms with Crippen LogP contribution in [-0.4, -0.2) is 48.4 Å². The molecule has 9 heteroatoms. The molecule has 27 heavy (non-hydrogen) atoms. The molecule has 9 nitrogen and oxygen atoms in total. The first-order valence-electron chi connectivity index (χ1n) is 8.46. The van der Waals surface area contributed by atoms with Crippen molar-refractivity contribution < 1.29 is 19.1 Å². The number of amides is 3. The van der Waals surface area contributed by atoms with E-state index < -0.39 is 11.9 Å². The zero-order valence-corrected chi connectivity index (χ0v) is 14.5. The SMILES string of the molecule is [N-]=[N+]=NCCOCC#Cc1cccc2c1CN(C1CCC(=O)NC1=O)C2=O. The molecule has 1 atom stereocenters. The van der Waals surface area contributed by atoms with Gasteiger partial charge in [0.05, 0.1) is 6.61 Å². The van der Waals surface area contributed by atoms with Gasteiger partial charge < -0.3 is 9.64 Å². The Bertz CT molecular complexity index is 895. The molecule has 0 bridgehead atoms. The minimum absolute atomic E-state index is 0.176. The number of carbonyl (C=O) groups is 3. The van der Waals surface area contributed by atoms with Crippen molar-refractivity contribution in [3.05, 3.63) is 45.3 Å². The first-order valence-corrected chi connectivity index (χ1v) is 8.46. The van der Waals surface area contributed by atoms with E-state index in [1.54, 1.807) is 12.1 Å². The molecule has 2 heterocycles. The van der Waals surface area contributed by atoms with Crippen LogP contribution in [0.1, 0.15) is 34.3 Å². The number of hydrogen-bond donors (Lipinski definition) is 1. The summed E-state index contributed by atoms with van der Waals surface area (Å²) in [7, 11) is 0. The van der Waals surface area contributed by atoms with Crippen molar-refractivity contribution in [2.45, 2.75) is 25.4 Å². The van der Waals surface area contributed by atoms with Crippen LogP contribution >= 0.6 is 0 Å². The number of fused-ring (bicyclic) bond motifs is 1. The van der Waals surface area contributed by atoms with Gasteiger partial charge in [0.2, 0.25) is 11.8 Å². The molecule has 0 aliphatic carbocycles. The summed E-state index contributed by atoms with van der Waals surface area (Å²) >= 11 is 0. The van der Waals surface area contributed by atoms with E-state index in [9.17, 15) is 14.4 Å². The third kappa shape index (κ3) is 4.08. The fraction of sp³-hybridized carbons (Fsp3) is 0.389. The summed E-state index contributed by atoms with van der Waals surface area (Å²) in [6.45, 7) is 0.986. The van der Waals surface area contributed by atoms with Gasteiger partial charge in [0, 0.05) is 35.5 Å². The largest absolute Gasteiger partial charge is 0.369 e. The molecule has 2 aliphatic rings. The summed E-state index contributed by atoms with van der Waals surface area (Å²) in [5.41, 5.74) is 10.2. The second kappa shape index (κ2) is 8.36. The average molecular weight is 367 g/mol. The van der Waals surface area contributed by atoms with Gasteiger partial charge in [-0.1, -0.05) is 23.0 Å². The quantitative estimate of drug-likeness (QED) is 0.209. The minimum Gasteiger partial charge on any atom is -0.369 e. The number of rotatable bonds is 5. The molecule has 1 saturated heterocycles. The van der Waals surface area contributed by atoms with Gasteiger partial charge >= 0.3 is 0 Å². The number of piperidine rings is 1. The smallest absolute Gasteiger partial charge is 0.255 e. The molecule has 1 N–H and O–H groups in total. The Hall–Kier alpha value is -3.34. The Kier molecular flexibility index (Phi) is 5.71.